The minimum Gasteiger partial charge on any atom is -0.326 e. The van der Waals surface area contributed by atoms with E-state index in [4.69, 9.17) is 0 Å². The molecule has 25 heavy (non-hydrogen) atoms. The van der Waals surface area contributed by atoms with E-state index in [9.17, 15) is 13.2 Å². The molecule has 5 nitrogen and oxygen atoms in total. The minimum absolute atomic E-state index is 0.120. The lowest BCUT2D eigenvalue weighted by Gasteiger charge is -2.17. The topological polar surface area (TPSA) is 75.3 Å². The van der Waals surface area contributed by atoms with Crippen molar-refractivity contribution < 1.29 is 13.2 Å². The highest BCUT2D eigenvalue weighted by Gasteiger charge is 2.19. The Morgan fingerprint density at radius 2 is 1.36 bits per heavy atom. The molecule has 2 rings (SSSR count). The van der Waals surface area contributed by atoms with Crippen LogP contribution in [0.2, 0.25) is 0 Å². The summed E-state index contributed by atoms with van der Waals surface area (Å²) >= 11 is 0. The van der Waals surface area contributed by atoms with Gasteiger partial charge in [-0.05, 0) is 48.2 Å². The average molecular weight is 360 g/mol. The van der Waals surface area contributed by atoms with Gasteiger partial charge in [0.05, 0.1) is 4.90 Å². The number of carbonyl (C=O) groups is 1. The van der Waals surface area contributed by atoms with E-state index in [1.165, 1.54) is 6.92 Å². The lowest BCUT2D eigenvalue weighted by molar-refractivity contribution is -0.114. The van der Waals surface area contributed by atoms with Gasteiger partial charge in [-0.1, -0.05) is 38.1 Å². The largest absolute Gasteiger partial charge is 0.326 e. The third-order valence-electron chi connectivity index (χ3n) is 4.04. The van der Waals surface area contributed by atoms with Crippen LogP contribution >= 0.6 is 0 Å². The summed E-state index contributed by atoms with van der Waals surface area (Å²) in [4.78, 5) is 11.3. The summed E-state index contributed by atoms with van der Waals surface area (Å²) in [6.07, 6.45) is 0. The Balaban J connectivity index is 2.18. The number of carbonyl (C=O) groups excluding carboxylic acids is 1. The molecule has 0 aliphatic heterocycles. The maximum atomic E-state index is 12.4. The molecule has 0 aromatic heterocycles. The number of nitrogens with one attached hydrogen (secondary N) is 2. The van der Waals surface area contributed by atoms with Crippen LogP contribution in [-0.2, 0) is 14.8 Å². The minimum atomic E-state index is -3.52. The average Bonchev–Trinajstić information content (AvgIpc) is 2.54. The fourth-order valence-corrected chi connectivity index (χ4v) is 3.62. The molecule has 0 aliphatic rings. The van der Waals surface area contributed by atoms with Crippen molar-refractivity contribution in [1.29, 1.82) is 0 Å². The number of sulfonamides is 1. The van der Waals surface area contributed by atoms with Gasteiger partial charge in [0.15, 0.2) is 0 Å². The van der Waals surface area contributed by atoms with Gasteiger partial charge in [-0.15, -0.1) is 0 Å². The van der Waals surface area contributed by atoms with Crippen LogP contribution in [-0.4, -0.2) is 20.4 Å². The first-order chi connectivity index (χ1) is 11.7. The summed E-state index contributed by atoms with van der Waals surface area (Å²) in [6, 6.07) is 14.0. The van der Waals surface area contributed by atoms with Crippen molar-refractivity contribution in [3.63, 3.8) is 0 Å². The Labute approximate surface area is 149 Å². The Bertz CT molecular complexity index is 826. The van der Waals surface area contributed by atoms with Crippen LogP contribution in [0.15, 0.2) is 53.4 Å². The molecule has 0 spiro atoms. The highest BCUT2D eigenvalue weighted by Crippen LogP contribution is 2.23. The second-order valence-corrected chi connectivity index (χ2v) is 8.15. The molecule has 0 unspecified atom stereocenters. The van der Waals surface area contributed by atoms with Crippen molar-refractivity contribution in [2.45, 2.75) is 38.6 Å². The Morgan fingerprint density at radius 3 is 1.80 bits per heavy atom. The van der Waals surface area contributed by atoms with Crippen molar-refractivity contribution >= 4 is 21.6 Å². The SMILES string of the molecule is CC(=O)Nc1ccc(-c2ccc(S(=O)(=O)N[C@H](C)C(C)C)cc2)cc1. The first-order valence-electron chi connectivity index (χ1n) is 8.19. The highest BCUT2D eigenvalue weighted by atomic mass is 32.2. The molecular weight excluding hydrogens is 336 g/mol. The molecule has 2 aromatic rings. The first kappa shape index (κ1) is 19.1. The molecule has 2 N–H and O–H groups in total. The van der Waals surface area contributed by atoms with Gasteiger partial charge in [-0.3, -0.25) is 4.79 Å². The fourth-order valence-electron chi connectivity index (χ4n) is 2.22. The van der Waals surface area contributed by atoms with E-state index >= 15 is 0 Å². The third-order valence-corrected chi connectivity index (χ3v) is 5.62. The van der Waals surface area contributed by atoms with E-state index in [1.807, 2.05) is 45.0 Å². The van der Waals surface area contributed by atoms with Crippen LogP contribution in [0.5, 0.6) is 0 Å². The number of amides is 1. The van der Waals surface area contributed by atoms with Gasteiger partial charge < -0.3 is 5.32 Å². The molecule has 134 valence electrons. The van der Waals surface area contributed by atoms with Gasteiger partial charge in [0, 0.05) is 18.7 Å². The molecule has 6 heteroatoms. The number of hydrogen-bond acceptors (Lipinski definition) is 3. The van der Waals surface area contributed by atoms with Gasteiger partial charge in [-0.2, -0.15) is 0 Å². The van der Waals surface area contributed by atoms with Gasteiger partial charge in [0.2, 0.25) is 15.9 Å². The number of benzene rings is 2. The van der Waals surface area contributed by atoms with E-state index in [-0.39, 0.29) is 22.8 Å². The second kappa shape index (κ2) is 7.80. The molecular formula is C19H24N2O3S. The van der Waals surface area contributed by atoms with E-state index < -0.39 is 10.0 Å². The van der Waals surface area contributed by atoms with Gasteiger partial charge in [-0.25, -0.2) is 13.1 Å². The van der Waals surface area contributed by atoms with Crippen LogP contribution in [0, 0.1) is 5.92 Å². The van der Waals surface area contributed by atoms with Crippen molar-refractivity contribution in [3.05, 3.63) is 48.5 Å². The van der Waals surface area contributed by atoms with Crippen LogP contribution in [0.4, 0.5) is 5.69 Å². The monoisotopic (exact) mass is 360 g/mol. The quantitative estimate of drug-likeness (QED) is 0.826. The lowest BCUT2D eigenvalue weighted by atomic mass is 10.1. The first-order valence-corrected chi connectivity index (χ1v) is 9.68. The summed E-state index contributed by atoms with van der Waals surface area (Å²) in [6.45, 7) is 7.26. The second-order valence-electron chi connectivity index (χ2n) is 6.44. The standard InChI is InChI=1S/C19H24N2O3S/c1-13(2)14(3)21-25(23,24)19-11-7-17(8-12-19)16-5-9-18(10-6-16)20-15(4)22/h5-14,21H,1-4H3,(H,20,22)/t14-/m1/s1. The molecule has 0 saturated carbocycles. The van der Waals surface area contributed by atoms with Gasteiger partial charge in [0.1, 0.15) is 0 Å². The molecule has 0 bridgehead atoms. The van der Waals surface area contributed by atoms with Crippen LogP contribution < -0.4 is 10.0 Å². The molecule has 0 fully saturated rings. The predicted molar refractivity (Wildman–Crippen MR) is 101 cm³/mol. The Kier molecular flexibility index (Phi) is 5.98. The zero-order chi connectivity index (χ0) is 18.6. The molecule has 1 amide bonds. The normalized spacial score (nSPS) is 12.8. The molecule has 0 radical (unpaired) electrons. The number of anilines is 1. The lowest BCUT2D eigenvalue weighted by Crippen LogP contribution is -2.36. The van der Waals surface area contributed by atoms with E-state index in [0.29, 0.717) is 0 Å². The highest BCUT2D eigenvalue weighted by molar-refractivity contribution is 7.89. The zero-order valence-corrected chi connectivity index (χ0v) is 15.7. The maximum absolute atomic E-state index is 12.4. The predicted octanol–water partition coefficient (Wildman–Crippen LogP) is 3.63. The van der Waals surface area contributed by atoms with Crippen molar-refractivity contribution in [1.82, 2.24) is 4.72 Å². The van der Waals surface area contributed by atoms with Gasteiger partial charge in [0.25, 0.3) is 0 Å². The fraction of sp³-hybridized carbons (Fsp3) is 0.316. The molecule has 2 aromatic carbocycles. The molecule has 1 atom stereocenters. The van der Waals surface area contributed by atoms with Crippen molar-refractivity contribution in [2.75, 3.05) is 5.32 Å². The van der Waals surface area contributed by atoms with E-state index in [1.54, 1.807) is 24.3 Å². The summed E-state index contributed by atoms with van der Waals surface area (Å²) < 4.78 is 27.5. The Morgan fingerprint density at radius 1 is 0.880 bits per heavy atom. The van der Waals surface area contributed by atoms with E-state index in [2.05, 4.69) is 10.0 Å². The molecule has 0 heterocycles. The van der Waals surface area contributed by atoms with Gasteiger partial charge >= 0.3 is 0 Å². The maximum Gasteiger partial charge on any atom is 0.240 e. The van der Waals surface area contributed by atoms with Crippen molar-refractivity contribution in [3.8, 4) is 11.1 Å². The summed E-state index contributed by atoms with van der Waals surface area (Å²) in [5, 5.41) is 2.71. The van der Waals surface area contributed by atoms with Crippen LogP contribution in [0.1, 0.15) is 27.7 Å². The summed E-state index contributed by atoms with van der Waals surface area (Å²) in [5.41, 5.74) is 2.58. The summed E-state index contributed by atoms with van der Waals surface area (Å²) in [7, 11) is -3.52. The van der Waals surface area contributed by atoms with Crippen molar-refractivity contribution in [2.24, 2.45) is 5.92 Å². The number of rotatable bonds is 6. The smallest absolute Gasteiger partial charge is 0.240 e. The molecule has 0 aliphatic carbocycles. The third kappa shape index (κ3) is 5.14. The van der Waals surface area contributed by atoms with Crippen LogP contribution in [0.25, 0.3) is 11.1 Å². The molecule has 0 saturated heterocycles. The zero-order valence-electron chi connectivity index (χ0n) is 14.9. The van der Waals surface area contributed by atoms with E-state index in [0.717, 1.165) is 16.8 Å². The number of hydrogen-bond donors (Lipinski definition) is 2. The van der Waals surface area contributed by atoms with Crippen LogP contribution in [0.3, 0.4) is 0 Å². The summed E-state index contributed by atoms with van der Waals surface area (Å²) in [5.74, 6) is 0.0987. The Hall–Kier alpha value is -2.18.